The number of carbonyl (C=O) groups is 2. The topological polar surface area (TPSA) is 169 Å². The van der Waals surface area contributed by atoms with E-state index < -0.39 is 55.0 Å². The first-order valence-corrected chi connectivity index (χ1v) is 7.38. The molecule has 2 amide bonds. The third-order valence-electron chi connectivity index (χ3n) is 3.54. The molecule has 0 radical (unpaired) electrons. The first-order chi connectivity index (χ1) is 12.2. The predicted octanol–water partition coefficient (Wildman–Crippen LogP) is -2.86. The summed E-state index contributed by atoms with van der Waals surface area (Å²) in [5, 5.41) is 22.8. The number of ether oxygens (including phenoxy) is 1. The number of aliphatic hydroxyl groups excluding tert-OH is 2. The smallest absolute Gasteiger partial charge is 0.351 e. The summed E-state index contributed by atoms with van der Waals surface area (Å²) in [6.45, 7) is -1.59. The van der Waals surface area contributed by atoms with Crippen molar-refractivity contribution in [3.05, 3.63) is 22.7 Å². The number of nitrogens with two attached hydrogens (primary N) is 1. The standard InChI is InChI=1S/C13H17F2N5O6/c14-13(15)10(24)6(5-21)26-11(13)20-2-1-7(19-12(20)25)18-9(23)4-17-8(22)3-16/h1-2,6,10-11,21,24H,3-5,16H2,(H,17,22)(H,18,19,23,25)/t6-,10-,11-/m1/s1. The fraction of sp³-hybridized carbons (Fsp3) is 0.538. The van der Waals surface area contributed by atoms with Crippen molar-refractivity contribution in [2.45, 2.75) is 24.4 Å². The van der Waals surface area contributed by atoms with Gasteiger partial charge in [0.05, 0.1) is 19.7 Å². The van der Waals surface area contributed by atoms with Gasteiger partial charge in [-0.1, -0.05) is 0 Å². The van der Waals surface area contributed by atoms with Crippen LogP contribution in [0.15, 0.2) is 17.1 Å². The summed E-state index contributed by atoms with van der Waals surface area (Å²) in [5.74, 6) is -5.36. The van der Waals surface area contributed by atoms with Crippen LogP contribution in [0.2, 0.25) is 0 Å². The van der Waals surface area contributed by atoms with Gasteiger partial charge in [-0.25, -0.2) is 4.79 Å². The lowest BCUT2D eigenvalue weighted by atomic mass is 10.1. The van der Waals surface area contributed by atoms with Gasteiger partial charge >= 0.3 is 11.6 Å². The van der Waals surface area contributed by atoms with Crippen LogP contribution in [0.25, 0.3) is 0 Å². The Morgan fingerprint density at radius 1 is 1.42 bits per heavy atom. The van der Waals surface area contributed by atoms with Gasteiger partial charge in [0.2, 0.25) is 18.0 Å². The first kappa shape index (κ1) is 19.8. The lowest BCUT2D eigenvalue weighted by Crippen LogP contribution is -2.42. The van der Waals surface area contributed by atoms with Crippen molar-refractivity contribution in [2.24, 2.45) is 5.73 Å². The van der Waals surface area contributed by atoms with E-state index in [4.69, 9.17) is 15.6 Å². The lowest BCUT2D eigenvalue weighted by molar-refractivity contribution is -0.141. The number of rotatable bonds is 6. The maximum absolute atomic E-state index is 14.0. The summed E-state index contributed by atoms with van der Waals surface area (Å²) >= 11 is 0. The summed E-state index contributed by atoms with van der Waals surface area (Å²) in [6, 6.07) is 1.06. The molecule has 0 spiro atoms. The average molecular weight is 377 g/mol. The molecule has 1 aromatic rings. The molecule has 6 N–H and O–H groups in total. The first-order valence-electron chi connectivity index (χ1n) is 7.38. The minimum absolute atomic E-state index is 0.237. The second kappa shape index (κ2) is 7.82. The molecule has 1 aromatic heterocycles. The van der Waals surface area contributed by atoms with Crippen molar-refractivity contribution in [1.29, 1.82) is 0 Å². The van der Waals surface area contributed by atoms with Crippen molar-refractivity contribution < 1.29 is 33.3 Å². The number of nitrogens with one attached hydrogen (secondary N) is 2. The number of anilines is 1. The van der Waals surface area contributed by atoms with E-state index in [1.165, 1.54) is 0 Å². The Morgan fingerprint density at radius 3 is 2.65 bits per heavy atom. The third-order valence-corrected chi connectivity index (χ3v) is 3.54. The Kier molecular flexibility index (Phi) is 5.97. The molecule has 0 saturated carbocycles. The van der Waals surface area contributed by atoms with Crippen molar-refractivity contribution in [3.8, 4) is 0 Å². The molecule has 1 saturated heterocycles. The second-order valence-corrected chi connectivity index (χ2v) is 5.36. The highest BCUT2D eigenvalue weighted by atomic mass is 19.3. The highest BCUT2D eigenvalue weighted by Crippen LogP contribution is 2.41. The zero-order valence-electron chi connectivity index (χ0n) is 13.3. The summed E-state index contributed by atoms with van der Waals surface area (Å²) in [5.41, 5.74) is 3.88. The molecule has 0 aliphatic carbocycles. The van der Waals surface area contributed by atoms with E-state index in [1.54, 1.807) is 0 Å². The lowest BCUT2D eigenvalue weighted by Gasteiger charge is -2.21. The monoisotopic (exact) mass is 377 g/mol. The van der Waals surface area contributed by atoms with Crippen LogP contribution in [0.3, 0.4) is 0 Å². The maximum atomic E-state index is 14.0. The van der Waals surface area contributed by atoms with Crippen LogP contribution < -0.4 is 22.1 Å². The molecule has 11 nitrogen and oxygen atoms in total. The summed E-state index contributed by atoms with van der Waals surface area (Å²) < 4.78 is 33.3. The molecular formula is C13H17F2N5O6. The number of alkyl halides is 2. The normalized spacial score (nSPS) is 24.3. The Hall–Kier alpha value is -2.48. The van der Waals surface area contributed by atoms with E-state index >= 15 is 0 Å². The van der Waals surface area contributed by atoms with Gasteiger partial charge in [0.25, 0.3) is 0 Å². The van der Waals surface area contributed by atoms with Gasteiger partial charge in [-0.05, 0) is 6.07 Å². The maximum Gasteiger partial charge on any atom is 0.351 e. The third kappa shape index (κ3) is 4.01. The van der Waals surface area contributed by atoms with Gasteiger partial charge in [-0.15, -0.1) is 0 Å². The summed E-state index contributed by atoms with van der Waals surface area (Å²) in [6.07, 6.45) is -5.13. The van der Waals surface area contributed by atoms with Gasteiger partial charge in [-0.3, -0.25) is 14.2 Å². The molecule has 0 unspecified atom stereocenters. The van der Waals surface area contributed by atoms with Crippen molar-refractivity contribution >= 4 is 17.6 Å². The fourth-order valence-corrected chi connectivity index (χ4v) is 2.22. The Labute approximate surface area is 144 Å². The zero-order valence-corrected chi connectivity index (χ0v) is 13.3. The molecule has 0 aromatic carbocycles. The number of halogens is 2. The molecule has 1 aliphatic rings. The quantitative estimate of drug-likeness (QED) is 0.353. The number of hydrogen-bond acceptors (Lipinski definition) is 8. The van der Waals surface area contributed by atoms with E-state index in [0.29, 0.717) is 4.57 Å². The molecule has 1 aliphatic heterocycles. The Morgan fingerprint density at radius 2 is 2.12 bits per heavy atom. The van der Waals surface area contributed by atoms with Crippen molar-refractivity contribution in [2.75, 3.05) is 25.0 Å². The predicted molar refractivity (Wildman–Crippen MR) is 81.1 cm³/mol. The number of hydrogen-bond donors (Lipinski definition) is 5. The van der Waals surface area contributed by atoms with E-state index in [9.17, 15) is 28.3 Å². The highest BCUT2D eigenvalue weighted by Gasteiger charge is 2.59. The van der Waals surface area contributed by atoms with Gasteiger partial charge in [0.1, 0.15) is 11.9 Å². The van der Waals surface area contributed by atoms with Crippen LogP contribution in [-0.4, -0.2) is 69.4 Å². The van der Waals surface area contributed by atoms with Gasteiger partial charge in [-0.2, -0.15) is 13.8 Å². The van der Waals surface area contributed by atoms with Crippen LogP contribution in [0.4, 0.5) is 14.6 Å². The molecule has 2 heterocycles. The van der Waals surface area contributed by atoms with Gasteiger partial charge in [0, 0.05) is 6.20 Å². The number of amides is 2. The number of aliphatic hydroxyl groups is 2. The van der Waals surface area contributed by atoms with E-state index in [-0.39, 0.29) is 12.4 Å². The molecular weight excluding hydrogens is 360 g/mol. The number of aromatic nitrogens is 2. The van der Waals surface area contributed by atoms with Crippen LogP contribution in [-0.2, 0) is 14.3 Å². The molecule has 1 fully saturated rings. The minimum atomic E-state index is -3.84. The second-order valence-electron chi connectivity index (χ2n) is 5.36. The van der Waals surface area contributed by atoms with Crippen molar-refractivity contribution in [3.63, 3.8) is 0 Å². The van der Waals surface area contributed by atoms with Crippen molar-refractivity contribution in [1.82, 2.24) is 14.9 Å². The molecule has 3 atom stereocenters. The molecule has 2 rings (SSSR count). The van der Waals surface area contributed by atoms with E-state index in [1.807, 2.05) is 0 Å². The number of carbonyl (C=O) groups excluding carboxylic acids is 2. The van der Waals surface area contributed by atoms with E-state index in [0.717, 1.165) is 12.3 Å². The van der Waals surface area contributed by atoms with Crippen LogP contribution in [0, 0.1) is 0 Å². The summed E-state index contributed by atoms with van der Waals surface area (Å²) in [4.78, 5) is 37.9. The van der Waals surface area contributed by atoms with Crippen LogP contribution >= 0.6 is 0 Å². The number of nitrogens with zero attached hydrogens (tertiary/aromatic N) is 2. The fourth-order valence-electron chi connectivity index (χ4n) is 2.22. The Bertz CT molecular complexity index is 742. The SMILES string of the molecule is NCC(=O)NCC(=O)Nc1ccn([C@@H]2O[C@H](CO)[C@@H](O)C2(F)F)c(=O)n1. The molecule has 144 valence electrons. The van der Waals surface area contributed by atoms with Crippen LogP contribution in [0.5, 0.6) is 0 Å². The van der Waals surface area contributed by atoms with Gasteiger partial charge in [0.15, 0.2) is 6.10 Å². The Balaban J connectivity index is 2.11. The zero-order chi connectivity index (χ0) is 19.5. The van der Waals surface area contributed by atoms with Gasteiger partial charge < -0.3 is 31.3 Å². The minimum Gasteiger partial charge on any atom is -0.394 e. The highest BCUT2D eigenvalue weighted by molar-refractivity contribution is 5.93. The van der Waals surface area contributed by atoms with E-state index in [2.05, 4.69) is 15.6 Å². The average Bonchev–Trinajstić information content (AvgIpc) is 2.83. The summed E-state index contributed by atoms with van der Waals surface area (Å²) in [7, 11) is 0. The van der Waals surface area contributed by atoms with Crippen LogP contribution in [0.1, 0.15) is 6.23 Å². The molecule has 26 heavy (non-hydrogen) atoms. The molecule has 13 heteroatoms. The molecule has 0 bridgehead atoms. The largest absolute Gasteiger partial charge is 0.394 e.